The molecule has 5 aromatic rings. The molecule has 3 aromatic heterocycles. The van der Waals surface area contributed by atoms with Crippen molar-refractivity contribution in [2.75, 3.05) is 0 Å². The topological polar surface area (TPSA) is 133 Å². The van der Waals surface area contributed by atoms with Gasteiger partial charge in [0.05, 0.1) is 23.4 Å². The van der Waals surface area contributed by atoms with Gasteiger partial charge in [-0.1, -0.05) is 24.3 Å². The van der Waals surface area contributed by atoms with Crippen molar-refractivity contribution in [2.45, 2.75) is 13.0 Å². The Labute approximate surface area is 202 Å². The van der Waals surface area contributed by atoms with E-state index >= 15 is 0 Å². The number of aromatic amines is 2. The summed E-state index contributed by atoms with van der Waals surface area (Å²) in [4.78, 5) is 19.8. The lowest BCUT2D eigenvalue weighted by Crippen LogP contribution is -2.01. The maximum absolute atomic E-state index is 14.9. The van der Waals surface area contributed by atoms with Gasteiger partial charge in [-0.2, -0.15) is 10.4 Å². The SMILES string of the molecule is N#Cc1ccc(COc2cccc(-c3ccc(Cc4nc(-c5cc(=O)[nH]o5)n[nH]4)c(F)c3)n2)c(F)c1. The molecule has 3 heterocycles. The summed E-state index contributed by atoms with van der Waals surface area (Å²) < 4.78 is 39.5. The van der Waals surface area contributed by atoms with Crippen molar-refractivity contribution in [1.29, 1.82) is 5.26 Å². The quantitative estimate of drug-likeness (QED) is 0.353. The fraction of sp³-hybridized carbons (Fsp3) is 0.0800. The molecule has 0 aliphatic rings. The fourth-order valence-corrected chi connectivity index (χ4v) is 3.45. The van der Waals surface area contributed by atoms with Gasteiger partial charge < -0.3 is 9.26 Å². The lowest BCUT2D eigenvalue weighted by Gasteiger charge is -2.09. The van der Waals surface area contributed by atoms with E-state index in [-0.39, 0.29) is 41.6 Å². The molecule has 0 bridgehead atoms. The largest absolute Gasteiger partial charge is 0.473 e. The van der Waals surface area contributed by atoms with Gasteiger partial charge in [0.2, 0.25) is 17.5 Å². The predicted molar refractivity (Wildman–Crippen MR) is 123 cm³/mol. The van der Waals surface area contributed by atoms with Crippen LogP contribution in [-0.4, -0.2) is 25.3 Å². The number of nitrogens with one attached hydrogen (secondary N) is 2. The van der Waals surface area contributed by atoms with Gasteiger partial charge in [-0.15, -0.1) is 5.10 Å². The number of ether oxygens (including phenoxy) is 1. The average Bonchev–Trinajstić information content (AvgIpc) is 3.53. The van der Waals surface area contributed by atoms with Crippen LogP contribution in [-0.2, 0) is 13.0 Å². The molecule has 0 fully saturated rings. The maximum atomic E-state index is 14.9. The second kappa shape index (κ2) is 9.63. The van der Waals surface area contributed by atoms with E-state index in [0.29, 0.717) is 22.6 Å². The maximum Gasteiger partial charge on any atom is 0.280 e. The third-order valence-corrected chi connectivity index (χ3v) is 5.26. The first kappa shape index (κ1) is 22.7. The van der Waals surface area contributed by atoms with E-state index in [1.165, 1.54) is 24.3 Å². The van der Waals surface area contributed by atoms with Crippen LogP contribution in [0.25, 0.3) is 22.8 Å². The van der Waals surface area contributed by atoms with Gasteiger partial charge >= 0.3 is 0 Å². The van der Waals surface area contributed by atoms with Crippen LogP contribution in [0, 0.1) is 23.0 Å². The Kier molecular flexibility index (Phi) is 6.07. The summed E-state index contributed by atoms with van der Waals surface area (Å²) in [5.41, 5.74) is 1.47. The number of H-pyrrole nitrogens is 2. The van der Waals surface area contributed by atoms with Crippen LogP contribution in [0.1, 0.15) is 22.5 Å². The van der Waals surface area contributed by atoms with E-state index in [9.17, 15) is 13.6 Å². The van der Waals surface area contributed by atoms with E-state index in [2.05, 4.69) is 25.3 Å². The molecule has 0 spiro atoms. The molecule has 0 amide bonds. The van der Waals surface area contributed by atoms with Crippen molar-refractivity contribution in [1.82, 2.24) is 25.3 Å². The van der Waals surface area contributed by atoms with Crippen molar-refractivity contribution in [3.63, 3.8) is 0 Å². The Morgan fingerprint density at radius 1 is 1.00 bits per heavy atom. The summed E-state index contributed by atoms with van der Waals surface area (Å²) in [6, 6.07) is 16.9. The molecule has 11 heteroatoms. The van der Waals surface area contributed by atoms with Gasteiger partial charge in [0, 0.05) is 23.6 Å². The Bertz CT molecular complexity index is 1650. The number of aromatic nitrogens is 5. The van der Waals surface area contributed by atoms with Crippen molar-refractivity contribution in [3.8, 4) is 34.8 Å². The van der Waals surface area contributed by atoms with Crippen molar-refractivity contribution < 1.29 is 18.0 Å². The highest BCUT2D eigenvalue weighted by molar-refractivity contribution is 5.60. The summed E-state index contributed by atoms with van der Waals surface area (Å²) in [7, 11) is 0. The Morgan fingerprint density at radius 3 is 2.58 bits per heavy atom. The molecular weight excluding hydrogens is 470 g/mol. The Hall–Kier alpha value is -5.11. The number of nitrogens with zero attached hydrogens (tertiary/aromatic N) is 4. The minimum absolute atomic E-state index is 0.0768. The van der Waals surface area contributed by atoms with Crippen LogP contribution in [0.15, 0.2) is 70.0 Å². The standard InChI is InChI=1S/C25H16F2N6O3/c26-18-8-14(12-28)4-5-17(18)13-35-24-3-1-2-20(29-24)16-7-6-15(19(27)9-16)10-22-30-25(32-31-22)21-11-23(34)33-36-21/h1-9,11H,10,13H2,(H,33,34)(H,30,31,32). The molecule has 9 nitrogen and oxygen atoms in total. The molecule has 0 radical (unpaired) electrons. The fourth-order valence-electron chi connectivity index (χ4n) is 3.45. The summed E-state index contributed by atoms with van der Waals surface area (Å²) in [6.07, 6.45) is 0.139. The van der Waals surface area contributed by atoms with Gasteiger partial charge in [0.25, 0.3) is 5.56 Å². The minimum Gasteiger partial charge on any atom is -0.473 e. The van der Waals surface area contributed by atoms with Gasteiger partial charge in [-0.3, -0.25) is 9.89 Å². The van der Waals surface area contributed by atoms with Crippen LogP contribution in [0.4, 0.5) is 8.78 Å². The molecule has 0 aliphatic carbocycles. The van der Waals surface area contributed by atoms with Crippen LogP contribution in [0.5, 0.6) is 5.88 Å². The number of halogens is 2. The van der Waals surface area contributed by atoms with Crippen molar-refractivity contribution >= 4 is 0 Å². The zero-order valence-corrected chi connectivity index (χ0v) is 18.5. The van der Waals surface area contributed by atoms with Crippen molar-refractivity contribution in [3.05, 3.63) is 105 Å². The molecule has 0 atom stereocenters. The van der Waals surface area contributed by atoms with E-state index in [1.54, 1.807) is 30.3 Å². The summed E-state index contributed by atoms with van der Waals surface area (Å²) in [5, 5.41) is 17.7. The molecule has 0 aliphatic heterocycles. The molecule has 0 saturated heterocycles. The first-order valence-electron chi connectivity index (χ1n) is 10.7. The highest BCUT2D eigenvalue weighted by atomic mass is 19.1. The van der Waals surface area contributed by atoms with E-state index in [4.69, 9.17) is 14.5 Å². The lowest BCUT2D eigenvalue weighted by atomic mass is 10.1. The van der Waals surface area contributed by atoms with Gasteiger partial charge in [-0.05, 0) is 29.8 Å². The monoisotopic (exact) mass is 486 g/mol. The van der Waals surface area contributed by atoms with E-state index in [1.807, 2.05) is 6.07 Å². The summed E-state index contributed by atoms with van der Waals surface area (Å²) in [6.45, 7) is -0.0768. The first-order valence-corrected chi connectivity index (χ1v) is 10.7. The van der Waals surface area contributed by atoms with Crippen LogP contribution in [0.3, 0.4) is 0 Å². The highest BCUT2D eigenvalue weighted by Crippen LogP contribution is 2.24. The second-order valence-corrected chi connectivity index (χ2v) is 7.73. The number of hydrogen-bond donors (Lipinski definition) is 2. The molecule has 2 N–H and O–H groups in total. The third kappa shape index (κ3) is 4.88. The van der Waals surface area contributed by atoms with Crippen LogP contribution in [0.2, 0.25) is 0 Å². The zero-order chi connectivity index (χ0) is 25.1. The normalized spacial score (nSPS) is 10.8. The number of nitriles is 1. The highest BCUT2D eigenvalue weighted by Gasteiger charge is 2.14. The second-order valence-electron chi connectivity index (χ2n) is 7.73. The van der Waals surface area contributed by atoms with E-state index in [0.717, 1.165) is 6.07 Å². The molecule has 2 aromatic carbocycles. The summed E-state index contributed by atoms with van der Waals surface area (Å²) in [5.74, 6) is -0.0168. The smallest absolute Gasteiger partial charge is 0.280 e. The predicted octanol–water partition coefficient (Wildman–Crippen LogP) is 4.13. The van der Waals surface area contributed by atoms with E-state index < -0.39 is 17.2 Å². The van der Waals surface area contributed by atoms with Gasteiger partial charge in [0.15, 0.2) is 0 Å². The van der Waals surface area contributed by atoms with Crippen LogP contribution < -0.4 is 10.3 Å². The minimum atomic E-state index is -0.542. The molecule has 178 valence electrons. The molecule has 0 saturated carbocycles. The molecule has 0 unspecified atom stereocenters. The van der Waals surface area contributed by atoms with Crippen LogP contribution >= 0.6 is 0 Å². The van der Waals surface area contributed by atoms with Gasteiger partial charge in [-0.25, -0.2) is 18.7 Å². The molecule has 5 rings (SSSR count). The zero-order valence-electron chi connectivity index (χ0n) is 18.5. The average molecular weight is 486 g/mol. The number of pyridine rings is 1. The Morgan fingerprint density at radius 2 is 1.83 bits per heavy atom. The van der Waals surface area contributed by atoms with Crippen molar-refractivity contribution in [2.24, 2.45) is 0 Å². The lowest BCUT2D eigenvalue weighted by molar-refractivity contribution is 0.288. The number of hydrogen-bond acceptors (Lipinski definition) is 7. The van der Waals surface area contributed by atoms with Gasteiger partial charge in [0.1, 0.15) is 24.1 Å². The number of benzene rings is 2. The molecule has 36 heavy (non-hydrogen) atoms. The first-order chi connectivity index (χ1) is 17.5. The third-order valence-electron chi connectivity index (χ3n) is 5.26. The number of rotatable bonds is 7. The molecular formula is C25H16F2N6O3. The Balaban J connectivity index is 1.29. The summed E-state index contributed by atoms with van der Waals surface area (Å²) >= 11 is 0.